The number of nitrogens with zero attached hydrogens (tertiary/aromatic N) is 5. The van der Waals surface area contributed by atoms with Gasteiger partial charge in [-0.3, -0.25) is 4.79 Å². The highest BCUT2D eigenvalue weighted by atomic mass is 16.5. The van der Waals surface area contributed by atoms with E-state index in [9.17, 15) is 9.59 Å². The molecule has 0 bridgehead atoms. The number of carbonyl (C=O) groups excluding carboxylic acids is 2. The predicted octanol–water partition coefficient (Wildman–Crippen LogP) is 3.63. The third kappa shape index (κ3) is 5.32. The lowest BCUT2D eigenvalue weighted by Gasteiger charge is -2.09. The summed E-state index contributed by atoms with van der Waals surface area (Å²) in [6, 6.07) is 7.71. The third-order valence-electron chi connectivity index (χ3n) is 4.69. The summed E-state index contributed by atoms with van der Waals surface area (Å²) in [4.78, 5) is 36.8. The van der Waals surface area contributed by atoms with E-state index in [1.165, 1.54) is 17.1 Å². The first-order chi connectivity index (χ1) is 16.0. The molecule has 0 aliphatic heterocycles. The molecule has 33 heavy (non-hydrogen) atoms. The van der Waals surface area contributed by atoms with Gasteiger partial charge in [0.2, 0.25) is 17.6 Å². The van der Waals surface area contributed by atoms with Crippen LogP contribution in [-0.4, -0.2) is 49.8 Å². The molecular formula is C22H23N7O4. The van der Waals surface area contributed by atoms with E-state index < -0.39 is 6.09 Å². The Hall–Kier alpha value is -4.28. The second-order valence-electron chi connectivity index (χ2n) is 7.24. The van der Waals surface area contributed by atoms with Gasteiger partial charge in [0.25, 0.3) is 0 Å². The fraction of sp³-hybridized carbons (Fsp3) is 0.273. The summed E-state index contributed by atoms with van der Waals surface area (Å²) >= 11 is 0. The number of amides is 1. The average molecular weight is 449 g/mol. The van der Waals surface area contributed by atoms with Crippen molar-refractivity contribution in [3.05, 3.63) is 48.9 Å². The highest BCUT2D eigenvalue weighted by Gasteiger charge is 2.12. The van der Waals surface area contributed by atoms with Gasteiger partial charge in [0.15, 0.2) is 5.82 Å². The third-order valence-corrected chi connectivity index (χ3v) is 4.69. The fourth-order valence-electron chi connectivity index (χ4n) is 3.12. The standard InChI is InChI=1S/C22H23N7O4/c1-3-10-32-22(31)29-12-18(25-13-29)27-19(30)7-9-24-21-17-11-16(20-26-14(2)33-28-20)5-4-15(17)6-8-23-21/h4-6,8,11-13H,3,7,9-10H2,1-2H3,(H,23,24)(H,27,30). The molecule has 4 rings (SSSR count). The van der Waals surface area contributed by atoms with Gasteiger partial charge in [0, 0.05) is 37.0 Å². The number of aryl methyl sites for hydroxylation is 1. The van der Waals surface area contributed by atoms with Gasteiger partial charge >= 0.3 is 6.09 Å². The minimum Gasteiger partial charge on any atom is -0.449 e. The quantitative estimate of drug-likeness (QED) is 0.413. The number of hydrogen-bond donors (Lipinski definition) is 2. The Labute approximate surface area is 189 Å². The molecule has 3 aromatic heterocycles. The number of rotatable bonds is 8. The number of aromatic nitrogens is 5. The number of benzene rings is 1. The van der Waals surface area contributed by atoms with Gasteiger partial charge in [-0.2, -0.15) is 4.98 Å². The molecule has 11 heteroatoms. The van der Waals surface area contributed by atoms with Crippen molar-refractivity contribution in [2.75, 3.05) is 23.8 Å². The summed E-state index contributed by atoms with van der Waals surface area (Å²) in [5.41, 5.74) is 0.807. The van der Waals surface area contributed by atoms with Crippen LogP contribution in [-0.2, 0) is 9.53 Å². The molecule has 0 aliphatic carbocycles. The molecule has 2 N–H and O–H groups in total. The molecule has 0 aliphatic rings. The van der Waals surface area contributed by atoms with Crippen LogP contribution in [0.4, 0.5) is 16.4 Å². The fourth-order valence-corrected chi connectivity index (χ4v) is 3.12. The van der Waals surface area contributed by atoms with Crippen molar-refractivity contribution in [3.63, 3.8) is 0 Å². The maximum absolute atomic E-state index is 12.3. The predicted molar refractivity (Wildman–Crippen MR) is 121 cm³/mol. The molecule has 11 nitrogen and oxygen atoms in total. The normalized spacial score (nSPS) is 10.8. The minimum atomic E-state index is -0.538. The van der Waals surface area contributed by atoms with Gasteiger partial charge in [0.1, 0.15) is 12.1 Å². The largest absolute Gasteiger partial charge is 0.449 e. The van der Waals surface area contributed by atoms with Crippen molar-refractivity contribution in [1.82, 2.24) is 24.7 Å². The Morgan fingerprint density at radius 3 is 2.88 bits per heavy atom. The van der Waals surface area contributed by atoms with Crippen LogP contribution in [0.15, 0.2) is 47.5 Å². The molecule has 1 aromatic carbocycles. The van der Waals surface area contributed by atoms with Gasteiger partial charge < -0.3 is 19.9 Å². The Kier molecular flexibility index (Phi) is 6.58. The summed E-state index contributed by atoms with van der Waals surface area (Å²) in [6.45, 7) is 4.31. The lowest BCUT2D eigenvalue weighted by molar-refractivity contribution is -0.116. The lowest BCUT2D eigenvalue weighted by Crippen LogP contribution is -2.17. The number of nitrogens with one attached hydrogen (secondary N) is 2. The summed E-state index contributed by atoms with van der Waals surface area (Å²) < 4.78 is 11.3. The molecular weight excluding hydrogens is 426 g/mol. The molecule has 0 spiro atoms. The van der Waals surface area contributed by atoms with Crippen molar-refractivity contribution in [1.29, 1.82) is 0 Å². The molecule has 0 radical (unpaired) electrons. The number of imidazole rings is 1. The Morgan fingerprint density at radius 1 is 1.21 bits per heavy atom. The average Bonchev–Trinajstić information content (AvgIpc) is 3.46. The zero-order valence-electron chi connectivity index (χ0n) is 18.2. The van der Waals surface area contributed by atoms with E-state index in [0.29, 0.717) is 30.7 Å². The second-order valence-corrected chi connectivity index (χ2v) is 7.24. The molecule has 0 atom stereocenters. The van der Waals surface area contributed by atoms with E-state index >= 15 is 0 Å². The van der Waals surface area contributed by atoms with Crippen LogP contribution >= 0.6 is 0 Å². The number of carbonyl (C=O) groups is 2. The summed E-state index contributed by atoms with van der Waals surface area (Å²) in [7, 11) is 0. The van der Waals surface area contributed by atoms with Crippen molar-refractivity contribution in [3.8, 4) is 11.4 Å². The molecule has 0 saturated carbocycles. The molecule has 0 fully saturated rings. The summed E-state index contributed by atoms with van der Waals surface area (Å²) in [5, 5.41) is 11.7. The first-order valence-electron chi connectivity index (χ1n) is 10.5. The number of fused-ring (bicyclic) bond motifs is 1. The monoisotopic (exact) mass is 449 g/mol. The topological polar surface area (TPSA) is 137 Å². The molecule has 1 amide bonds. The Balaban J connectivity index is 1.36. The first-order valence-corrected chi connectivity index (χ1v) is 10.5. The van der Waals surface area contributed by atoms with Gasteiger partial charge in [-0.1, -0.05) is 24.2 Å². The number of hydrogen-bond acceptors (Lipinski definition) is 9. The van der Waals surface area contributed by atoms with E-state index in [2.05, 4.69) is 30.7 Å². The zero-order valence-corrected chi connectivity index (χ0v) is 18.2. The maximum atomic E-state index is 12.3. The minimum absolute atomic E-state index is 0.176. The maximum Gasteiger partial charge on any atom is 0.419 e. The number of ether oxygens (including phenoxy) is 1. The van der Waals surface area contributed by atoms with E-state index in [1.807, 2.05) is 31.2 Å². The smallest absolute Gasteiger partial charge is 0.419 e. The van der Waals surface area contributed by atoms with Crippen LogP contribution < -0.4 is 10.6 Å². The number of pyridine rings is 1. The highest BCUT2D eigenvalue weighted by Crippen LogP contribution is 2.26. The van der Waals surface area contributed by atoms with Gasteiger partial charge in [-0.25, -0.2) is 19.3 Å². The highest BCUT2D eigenvalue weighted by molar-refractivity contribution is 5.95. The molecule has 0 saturated heterocycles. The van der Waals surface area contributed by atoms with Crippen LogP contribution in [0.1, 0.15) is 25.7 Å². The van der Waals surface area contributed by atoms with Gasteiger partial charge in [-0.15, -0.1) is 0 Å². The summed E-state index contributed by atoms with van der Waals surface area (Å²) in [6.07, 6.45) is 4.78. The first kappa shape index (κ1) is 21.9. The second kappa shape index (κ2) is 9.90. The van der Waals surface area contributed by atoms with E-state index in [0.717, 1.165) is 22.8 Å². The van der Waals surface area contributed by atoms with Crippen LogP contribution in [0, 0.1) is 6.92 Å². The Morgan fingerprint density at radius 2 is 2.09 bits per heavy atom. The van der Waals surface area contributed by atoms with Crippen LogP contribution in [0.25, 0.3) is 22.2 Å². The molecule has 170 valence electrons. The van der Waals surface area contributed by atoms with Crippen molar-refractivity contribution in [2.24, 2.45) is 0 Å². The SMILES string of the molecule is CCCOC(=O)n1cnc(NC(=O)CCNc2nccc3ccc(-c4noc(C)n4)cc23)c1. The van der Waals surface area contributed by atoms with Gasteiger partial charge in [0.05, 0.1) is 12.8 Å². The van der Waals surface area contributed by atoms with Crippen LogP contribution in [0.3, 0.4) is 0 Å². The van der Waals surface area contributed by atoms with Crippen molar-refractivity contribution >= 4 is 34.4 Å². The van der Waals surface area contributed by atoms with Crippen LogP contribution in [0.2, 0.25) is 0 Å². The molecule has 0 unspecified atom stereocenters. The lowest BCUT2D eigenvalue weighted by atomic mass is 10.1. The Bertz CT molecular complexity index is 1280. The van der Waals surface area contributed by atoms with E-state index in [4.69, 9.17) is 9.26 Å². The van der Waals surface area contributed by atoms with E-state index in [1.54, 1.807) is 13.1 Å². The van der Waals surface area contributed by atoms with Gasteiger partial charge in [-0.05, 0) is 23.9 Å². The molecule has 4 aromatic rings. The molecule has 3 heterocycles. The zero-order chi connectivity index (χ0) is 23.2. The van der Waals surface area contributed by atoms with Crippen molar-refractivity contribution < 1.29 is 18.8 Å². The van der Waals surface area contributed by atoms with Crippen LogP contribution in [0.5, 0.6) is 0 Å². The van der Waals surface area contributed by atoms with E-state index in [-0.39, 0.29) is 18.1 Å². The van der Waals surface area contributed by atoms with Crippen molar-refractivity contribution in [2.45, 2.75) is 26.7 Å². The number of anilines is 2. The summed E-state index contributed by atoms with van der Waals surface area (Å²) in [5.74, 6) is 1.66.